The molecule has 3 aromatic heterocycles. The Kier molecular flexibility index (Phi) is 20.2. The first-order valence-corrected chi connectivity index (χ1v) is 27.1. The maximum Gasteiger partial charge on any atom is 0.256 e. The van der Waals surface area contributed by atoms with Crippen molar-refractivity contribution in [2.45, 2.75) is 40.0 Å². The zero-order valence-electron chi connectivity index (χ0n) is 42.2. The summed E-state index contributed by atoms with van der Waals surface area (Å²) in [6.07, 6.45) is 6.15. The van der Waals surface area contributed by atoms with E-state index in [1.165, 1.54) is 38.3 Å². The summed E-state index contributed by atoms with van der Waals surface area (Å²) >= 11 is 5.26. The van der Waals surface area contributed by atoms with Crippen molar-refractivity contribution in [2.24, 2.45) is 9.98 Å². The maximum absolute atomic E-state index is 13.0. The molecule has 373 valence electrons. The number of nitrogens with two attached hydrogens (primary N) is 1. The summed E-state index contributed by atoms with van der Waals surface area (Å²) in [6, 6.07) is 30.5. The number of piperazine rings is 3. The SMILES string of the molecule is CCc1cc(C(=O)N2CCN(C)CC2)c(Nc2ccccc2N)s1.CCc1cc2c(s1)Nc1ccccc1N=C2N1CCN(C)CC1.CCc1cc2c(s1)Nc1ccccc1N=[C-]2.CN1CCNCC1.[Y]. The molecule has 0 unspecified atom stereocenters. The summed E-state index contributed by atoms with van der Waals surface area (Å²) in [5.74, 6) is 1.23. The third-order valence-corrected chi connectivity index (χ3v) is 16.4. The van der Waals surface area contributed by atoms with Gasteiger partial charge < -0.3 is 56.5 Å². The third-order valence-electron chi connectivity index (χ3n) is 12.8. The van der Waals surface area contributed by atoms with Crippen LogP contribution in [0.15, 0.2) is 101 Å². The quantitative estimate of drug-likeness (QED) is 0.0810. The first-order valence-electron chi connectivity index (χ1n) is 24.7. The smallest absolute Gasteiger partial charge is 0.256 e. The van der Waals surface area contributed by atoms with E-state index in [1.807, 2.05) is 70.8 Å². The van der Waals surface area contributed by atoms with Gasteiger partial charge in [0.05, 0.1) is 33.9 Å². The van der Waals surface area contributed by atoms with Crippen molar-refractivity contribution < 1.29 is 37.5 Å². The molecule has 0 spiro atoms. The molecule has 0 saturated carbocycles. The van der Waals surface area contributed by atoms with Crippen LogP contribution in [0.5, 0.6) is 0 Å². The predicted molar refractivity (Wildman–Crippen MR) is 300 cm³/mol. The van der Waals surface area contributed by atoms with E-state index < -0.39 is 0 Å². The van der Waals surface area contributed by atoms with Gasteiger partial charge in [0.2, 0.25) is 0 Å². The van der Waals surface area contributed by atoms with Gasteiger partial charge in [0, 0.05) is 137 Å². The number of likely N-dealkylation sites (N-methyl/N-ethyl adjacent to an activating group) is 3. The van der Waals surface area contributed by atoms with E-state index in [9.17, 15) is 4.79 Å². The number of amides is 1. The van der Waals surface area contributed by atoms with E-state index in [0.717, 1.165) is 140 Å². The van der Waals surface area contributed by atoms with E-state index in [4.69, 9.17) is 10.7 Å². The molecule has 3 fully saturated rings. The number of amidine groups is 1. The number of benzene rings is 3. The Morgan fingerprint density at radius 2 is 1.21 bits per heavy atom. The summed E-state index contributed by atoms with van der Waals surface area (Å²) in [5, 5.41) is 16.9. The molecular formula is C54H69N12OS3Y-. The Hall–Kier alpha value is -4.49. The molecule has 6 aromatic rings. The number of aliphatic imine (C=N–C) groups is 2. The number of para-hydroxylation sites is 6. The molecule has 0 bridgehead atoms. The minimum absolute atomic E-state index is 0. The Morgan fingerprint density at radius 1 is 0.662 bits per heavy atom. The number of fused-ring (bicyclic) bond motifs is 4. The summed E-state index contributed by atoms with van der Waals surface area (Å²) in [4.78, 5) is 37.7. The van der Waals surface area contributed by atoms with Crippen molar-refractivity contribution in [3.05, 3.63) is 122 Å². The van der Waals surface area contributed by atoms with Crippen LogP contribution >= 0.6 is 34.0 Å². The van der Waals surface area contributed by atoms with Gasteiger partial charge in [-0.05, 0) is 94.0 Å². The third kappa shape index (κ3) is 14.4. The van der Waals surface area contributed by atoms with Crippen LogP contribution in [-0.2, 0) is 52.0 Å². The van der Waals surface area contributed by atoms with Gasteiger partial charge >= 0.3 is 0 Å². The number of anilines is 7. The summed E-state index contributed by atoms with van der Waals surface area (Å²) in [6.45, 7) is 18.9. The monoisotopic (exact) mass is 1090 g/mol. The Bertz CT molecular complexity index is 2730. The second-order valence-corrected chi connectivity index (χ2v) is 21.4. The molecule has 1 amide bonds. The first kappa shape index (κ1) is 54.3. The number of carbonyl (C=O) groups excluding carboxylic acids is 1. The summed E-state index contributed by atoms with van der Waals surface area (Å²) in [5.41, 5.74) is 14.8. The molecule has 3 saturated heterocycles. The molecule has 0 aliphatic carbocycles. The van der Waals surface area contributed by atoms with Crippen molar-refractivity contribution in [2.75, 3.05) is 121 Å². The van der Waals surface area contributed by atoms with Crippen LogP contribution < -0.4 is 27.0 Å². The molecule has 13 nitrogen and oxygen atoms in total. The topological polar surface area (TPSA) is 132 Å². The largest absolute Gasteiger partial charge is 0.397 e. The molecule has 11 rings (SSSR count). The van der Waals surface area contributed by atoms with E-state index in [0.29, 0.717) is 5.69 Å². The van der Waals surface area contributed by atoms with Crippen LogP contribution in [0.25, 0.3) is 0 Å². The van der Waals surface area contributed by atoms with E-state index in [2.05, 4.69) is 130 Å². The van der Waals surface area contributed by atoms with Crippen molar-refractivity contribution in [1.82, 2.24) is 29.8 Å². The Balaban J connectivity index is 0.000000147. The Morgan fingerprint density at radius 3 is 1.86 bits per heavy atom. The molecule has 8 heterocycles. The van der Waals surface area contributed by atoms with Crippen LogP contribution in [0.2, 0.25) is 0 Å². The number of carbonyl (C=O) groups is 1. The number of nitrogens with zero attached hydrogens (tertiary/aromatic N) is 7. The fourth-order valence-electron chi connectivity index (χ4n) is 8.38. The van der Waals surface area contributed by atoms with Gasteiger partial charge in [0.1, 0.15) is 15.8 Å². The Labute approximate surface area is 458 Å². The van der Waals surface area contributed by atoms with E-state index in [-0.39, 0.29) is 38.6 Å². The molecule has 0 atom stereocenters. The van der Waals surface area contributed by atoms with E-state index in [1.54, 1.807) is 22.7 Å². The van der Waals surface area contributed by atoms with Gasteiger partial charge in [-0.1, -0.05) is 68.8 Å². The van der Waals surface area contributed by atoms with Gasteiger partial charge in [-0.25, -0.2) is 4.99 Å². The zero-order chi connectivity index (χ0) is 49.0. The molecule has 5 aliphatic rings. The van der Waals surface area contributed by atoms with Crippen molar-refractivity contribution in [3.8, 4) is 0 Å². The van der Waals surface area contributed by atoms with Gasteiger partial charge in [-0.3, -0.25) is 4.79 Å². The predicted octanol–water partition coefficient (Wildman–Crippen LogP) is 10.2. The summed E-state index contributed by atoms with van der Waals surface area (Å²) < 4.78 is 0. The van der Waals surface area contributed by atoms with Crippen molar-refractivity contribution in [1.29, 1.82) is 0 Å². The molecule has 17 heteroatoms. The average molecular weight is 1090 g/mol. The number of hydrogen-bond donors (Lipinski definition) is 5. The zero-order valence-corrected chi connectivity index (χ0v) is 47.5. The van der Waals surface area contributed by atoms with Crippen molar-refractivity contribution in [3.63, 3.8) is 0 Å². The fraction of sp³-hybridized carbons (Fsp3) is 0.389. The minimum Gasteiger partial charge on any atom is -0.397 e. The molecule has 3 aromatic carbocycles. The maximum atomic E-state index is 13.0. The number of rotatable bonds is 6. The number of aryl methyl sites for hydroxylation is 3. The van der Waals surface area contributed by atoms with Crippen LogP contribution in [0.4, 0.5) is 49.1 Å². The van der Waals surface area contributed by atoms with Crippen LogP contribution in [0.3, 0.4) is 0 Å². The number of hydrogen-bond acceptors (Lipinski definition) is 15. The van der Waals surface area contributed by atoms with Gasteiger partial charge in [-0.15, -0.1) is 28.7 Å². The normalized spacial score (nSPS) is 16.3. The van der Waals surface area contributed by atoms with Gasteiger partial charge in [0.25, 0.3) is 5.91 Å². The van der Waals surface area contributed by atoms with Crippen LogP contribution in [0, 0.1) is 0 Å². The number of nitrogens with one attached hydrogen (secondary N) is 4. The molecular weight excluding hydrogens is 1020 g/mol. The average Bonchev–Trinajstić information content (AvgIpc) is 4.06. The minimum atomic E-state index is 0. The molecule has 1 radical (unpaired) electrons. The molecule has 5 aliphatic heterocycles. The fourth-order valence-corrected chi connectivity index (χ4v) is 11.3. The standard InChI is InChI=1S/C18H24N4OS.C18H22N4S.C13H11N2S.C5H12N2.Y/c1-3-13-12-14(18(23)22-10-8-21(2)9-11-22)17(24-13)20-16-7-5-4-6-15(16)19;1-3-13-12-14-17(22-10-8-21(2)9-11-22)19-15-6-4-5-7-16(15)20-18(14)23-13;1-2-10-7-9-8-14-11-5-3-4-6-12(11)15-13(9)16-10;1-7-4-2-6-3-5-7;/h4-7,12,20H,3,8-11,19H2,1-2H3;4-7,12,20H,3,8-11H2,1-2H3;3-7,15H,2H2,1H3;6H,2-5H2,1H3;/q;;-1;;. The van der Waals surface area contributed by atoms with Crippen molar-refractivity contribution >= 4 is 101 Å². The first-order chi connectivity index (χ1) is 34.1. The van der Waals surface area contributed by atoms with Crippen LogP contribution in [-0.4, -0.2) is 142 Å². The van der Waals surface area contributed by atoms with Gasteiger partial charge in [-0.2, -0.15) is 11.3 Å². The van der Waals surface area contributed by atoms with Gasteiger partial charge in [0.15, 0.2) is 0 Å². The molecule has 6 N–H and O–H groups in total. The molecule has 71 heavy (non-hydrogen) atoms. The summed E-state index contributed by atoms with van der Waals surface area (Å²) in [7, 11) is 6.43. The van der Waals surface area contributed by atoms with E-state index >= 15 is 0 Å². The second kappa shape index (κ2) is 26.5. The second-order valence-electron chi connectivity index (χ2n) is 18.0. The van der Waals surface area contributed by atoms with Crippen LogP contribution in [0.1, 0.15) is 56.9 Å². The number of thiophene rings is 3. The number of nitrogen functional groups attached to an aromatic ring is 1.